The number of ether oxygens (including phenoxy) is 2. The molecule has 2 aromatic rings. The lowest BCUT2D eigenvalue weighted by Gasteiger charge is -2.18. The first-order valence-corrected chi connectivity index (χ1v) is 7.89. The van der Waals surface area contributed by atoms with E-state index in [0.717, 1.165) is 5.56 Å². The Balaban J connectivity index is 1.78. The van der Waals surface area contributed by atoms with Crippen molar-refractivity contribution >= 4 is 10.1 Å². The van der Waals surface area contributed by atoms with E-state index in [4.69, 9.17) is 13.7 Å². The molecule has 0 aromatic heterocycles. The van der Waals surface area contributed by atoms with Gasteiger partial charge in [0.05, 0.1) is 11.5 Å². The van der Waals surface area contributed by atoms with E-state index in [2.05, 4.69) is 0 Å². The lowest BCUT2D eigenvalue weighted by atomic mass is 10.2. The molecule has 0 amide bonds. The topological polar surface area (TPSA) is 61.8 Å². The highest BCUT2D eigenvalue weighted by Gasteiger charge is 2.20. The van der Waals surface area contributed by atoms with Gasteiger partial charge in [-0.05, 0) is 17.7 Å². The number of fused-ring (bicyclic) bond motifs is 1. The van der Waals surface area contributed by atoms with Crippen LogP contribution in [0.1, 0.15) is 5.56 Å². The van der Waals surface area contributed by atoms with Gasteiger partial charge in [-0.1, -0.05) is 30.3 Å². The van der Waals surface area contributed by atoms with Crippen LogP contribution < -0.4 is 9.47 Å². The standard InChI is InChI=1S/C15H14O5S/c16-21(17,20-11-12-4-2-1-3-5-12)13-6-7-14-15(10-13)19-9-8-18-14/h1-7,10H,8-9,11H2. The summed E-state index contributed by atoms with van der Waals surface area (Å²) in [5.41, 5.74) is 0.790. The van der Waals surface area contributed by atoms with Crippen LogP contribution in [0, 0.1) is 0 Å². The predicted octanol–water partition coefficient (Wildman–Crippen LogP) is 2.36. The van der Waals surface area contributed by atoms with Crippen LogP contribution >= 0.6 is 0 Å². The molecule has 0 fully saturated rings. The zero-order valence-corrected chi connectivity index (χ0v) is 12.0. The minimum atomic E-state index is -3.83. The third-order valence-corrected chi connectivity index (χ3v) is 4.29. The molecular weight excluding hydrogens is 292 g/mol. The molecule has 1 heterocycles. The Kier molecular flexibility index (Phi) is 3.81. The average Bonchev–Trinajstić information content (AvgIpc) is 2.53. The van der Waals surface area contributed by atoms with Gasteiger partial charge in [-0.2, -0.15) is 8.42 Å². The summed E-state index contributed by atoms with van der Waals surface area (Å²) >= 11 is 0. The third kappa shape index (κ3) is 3.17. The van der Waals surface area contributed by atoms with Crippen molar-refractivity contribution < 1.29 is 22.1 Å². The molecule has 0 aliphatic carbocycles. The summed E-state index contributed by atoms with van der Waals surface area (Å²) in [4.78, 5) is 0.0580. The fraction of sp³-hybridized carbons (Fsp3) is 0.200. The zero-order valence-electron chi connectivity index (χ0n) is 11.2. The van der Waals surface area contributed by atoms with E-state index >= 15 is 0 Å². The molecule has 6 heteroatoms. The van der Waals surface area contributed by atoms with Crippen LogP contribution in [0.2, 0.25) is 0 Å². The van der Waals surface area contributed by atoms with Crippen LogP contribution in [0.3, 0.4) is 0 Å². The second-order valence-electron chi connectivity index (χ2n) is 4.51. The number of hydrogen-bond donors (Lipinski definition) is 0. The molecule has 3 rings (SSSR count). The first kappa shape index (κ1) is 13.9. The Morgan fingerprint density at radius 1 is 0.952 bits per heavy atom. The van der Waals surface area contributed by atoms with Gasteiger partial charge in [0, 0.05) is 6.07 Å². The molecule has 21 heavy (non-hydrogen) atoms. The maximum Gasteiger partial charge on any atom is 0.297 e. The van der Waals surface area contributed by atoms with Crippen molar-refractivity contribution in [2.75, 3.05) is 13.2 Å². The van der Waals surface area contributed by atoms with Crippen LogP contribution in [0.25, 0.3) is 0 Å². The third-order valence-electron chi connectivity index (χ3n) is 3.03. The van der Waals surface area contributed by atoms with E-state index in [1.54, 1.807) is 18.2 Å². The average molecular weight is 306 g/mol. The highest BCUT2D eigenvalue weighted by molar-refractivity contribution is 7.86. The molecule has 0 saturated heterocycles. The second-order valence-corrected chi connectivity index (χ2v) is 6.12. The molecule has 1 aliphatic heterocycles. The second kappa shape index (κ2) is 5.75. The smallest absolute Gasteiger partial charge is 0.297 e. The fourth-order valence-corrected chi connectivity index (χ4v) is 2.88. The number of hydrogen-bond acceptors (Lipinski definition) is 5. The molecule has 0 saturated carbocycles. The van der Waals surface area contributed by atoms with E-state index in [-0.39, 0.29) is 11.5 Å². The van der Waals surface area contributed by atoms with Crippen molar-refractivity contribution in [3.05, 3.63) is 54.1 Å². The Morgan fingerprint density at radius 3 is 2.43 bits per heavy atom. The van der Waals surface area contributed by atoms with Crippen LogP contribution in [-0.4, -0.2) is 21.6 Å². The summed E-state index contributed by atoms with van der Waals surface area (Å²) in [6.07, 6.45) is 0. The highest BCUT2D eigenvalue weighted by atomic mass is 32.2. The van der Waals surface area contributed by atoms with Crippen LogP contribution in [-0.2, 0) is 20.9 Å². The molecule has 0 spiro atoms. The summed E-state index contributed by atoms with van der Waals surface area (Å²) < 4.78 is 40.2. The van der Waals surface area contributed by atoms with E-state index in [1.165, 1.54) is 12.1 Å². The Morgan fingerprint density at radius 2 is 1.67 bits per heavy atom. The van der Waals surface area contributed by atoms with Gasteiger partial charge in [0.2, 0.25) is 0 Å². The summed E-state index contributed by atoms with van der Waals surface area (Å²) in [6.45, 7) is 0.864. The van der Waals surface area contributed by atoms with Crippen LogP contribution in [0.15, 0.2) is 53.4 Å². The number of rotatable bonds is 4. The summed E-state index contributed by atoms with van der Waals surface area (Å²) in [6, 6.07) is 13.6. The molecule has 0 radical (unpaired) electrons. The van der Waals surface area contributed by atoms with Gasteiger partial charge < -0.3 is 9.47 Å². The molecule has 0 unspecified atom stereocenters. The summed E-state index contributed by atoms with van der Waals surface area (Å²) in [7, 11) is -3.83. The molecule has 0 N–H and O–H groups in total. The predicted molar refractivity (Wildman–Crippen MR) is 75.8 cm³/mol. The number of benzene rings is 2. The van der Waals surface area contributed by atoms with Gasteiger partial charge in [-0.3, -0.25) is 4.18 Å². The summed E-state index contributed by atoms with van der Waals surface area (Å²) in [5, 5.41) is 0. The van der Waals surface area contributed by atoms with Gasteiger partial charge in [0.25, 0.3) is 10.1 Å². The normalized spacial score (nSPS) is 13.9. The zero-order chi connectivity index (χ0) is 14.7. The van der Waals surface area contributed by atoms with Crippen LogP contribution in [0.5, 0.6) is 11.5 Å². The summed E-state index contributed by atoms with van der Waals surface area (Å²) in [5.74, 6) is 0.967. The van der Waals surface area contributed by atoms with Crippen molar-refractivity contribution in [1.82, 2.24) is 0 Å². The molecule has 0 atom stereocenters. The lowest BCUT2D eigenvalue weighted by molar-refractivity contribution is 0.171. The molecule has 110 valence electrons. The monoisotopic (exact) mass is 306 g/mol. The Hall–Kier alpha value is -2.05. The van der Waals surface area contributed by atoms with Gasteiger partial charge in [0.1, 0.15) is 13.2 Å². The van der Waals surface area contributed by atoms with E-state index in [0.29, 0.717) is 24.7 Å². The SMILES string of the molecule is O=S(=O)(OCc1ccccc1)c1ccc2c(c1)OCCO2. The van der Waals surface area contributed by atoms with Gasteiger partial charge >= 0.3 is 0 Å². The van der Waals surface area contributed by atoms with Crippen molar-refractivity contribution in [2.45, 2.75) is 11.5 Å². The first-order chi connectivity index (χ1) is 10.1. The van der Waals surface area contributed by atoms with Gasteiger partial charge in [-0.15, -0.1) is 0 Å². The van der Waals surface area contributed by atoms with Crippen molar-refractivity contribution in [1.29, 1.82) is 0 Å². The Bertz CT molecular complexity index is 725. The molecule has 1 aliphatic rings. The lowest BCUT2D eigenvalue weighted by Crippen LogP contribution is -2.16. The quantitative estimate of drug-likeness (QED) is 0.812. The van der Waals surface area contributed by atoms with Gasteiger partial charge in [-0.25, -0.2) is 0 Å². The van der Waals surface area contributed by atoms with E-state index in [9.17, 15) is 8.42 Å². The van der Waals surface area contributed by atoms with Crippen molar-refractivity contribution in [2.24, 2.45) is 0 Å². The molecular formula is C15H14O5S. The van der Waals surface area contributed by atoms with Crippen molar-refractivity contribution in [3.63, 3.8) is 0 Å². The van der Waals surface area contributed by atoms with Crippen molar-refractivity contribution in [3.8, 4) is 11.5 Å². The maximum atomic E-state index is 12.2. The van der Waals surface area contributed by atoms with Crippen LogP contribution in [0.4, 0.5) is 0 Å². The Labute approximate surface area is 123 Å². The van der Waals surface area contributed by atoms with E-state index < -0.39 is 10.1 Å². The largest absolute Gasteiger partial charge is 0.486 e. The maximum absolute atomic E-state index is 12.2. The molecule has 5 nitrogen and oxygen atoms in total. The van der Waals surface area contributed by atoms with E-state index in [1.807, 2.05) is 18.2 Å². The minimum Gasteiger partial charge on any atom is -0.486 e. The fourth-order valence-electron chi connectivity index (χ4n) is 1.97. The minimum absolute atomic E-state index is 0.00237. The van der Waals surface area contributed by atoms with Gasteiger partial charge in [0.15, 0.2) is 11.5 Å². The molecule has 0 bridgehead atoms. The highest BCUT2D eigenvalue weighted by Crippen LogP contribution is 2.32. The first-order valence-electron chi connectivity index (χ1n) is 6.48. The molecule has 2 aromatic carbocycles.